The van der Waals surface area contributed by atoms with E-state index < -0.39 is 17.8 Å². The summed E-state index contributed by atoms with van der Waals surface area (Å²) in [4.78, 5) is 23.6. The second-order valence-corrected chi connectivity index (χ2v) is 4.06. The number of carbonyl (C=O) groups is 2. The first-order valence-electron chi connectivity index (χ1n) is 5.51. The number of nitrogens with one attached hydrogen (secondary N) is 1. The normalized spacial score (nSPS) is 10.3. The molecular weight excluding hydrogens is 255 g/mol. The summed E-state index contributed by atoms with van der Waals surface area (Å²) in [6.45, 7) is 0.846. The Morgan fingerprint density at radius 1 is 1.42 bits per heavy atom. The van der Waals surface area contributed by atoms with Crippen LogP contribution in [-0.2, 0) is 0 Å². The van der Waals surface area contributed by atoms with E-state index in [0.717, 1.165) is 6.07 Å². The van der Waals surface area contributed by atoms with E-state index in [0.29, 0.717) is 6.54 Å². The minimum Gasteiger partial charge on any atom is -0.489 e. The van der Waals surface area contributed by atoms with E-state index >= 15 is 0 Å². The van der Waals surface area contributed by atoms with Crippen molar-refractivity contribution in [1.82, 2.24) is 10.2 Å². The summed E-state index contributed by atoms with van der Waals surface area (Å²) in [5, 5.41) is 10.1. The molecule has 6 nitrogen and oxygen atoms in total. The van der Waals surface area contributed by atoms with Crippen LogP contribution in [-0.4, -0.2) is 49.3 Å². The fourth-order valence-corrected chi connectivity index (χ4v) is 1.26. The Hall–Kier alpha value is -2.15. The van der Waals surface area contributed by atoms with Gasteiger partial charge in [-0.05, 0) is 32.3 Å². The van der Waals surface area contributed by atoms with Gasteiger partial charge in [0.1, 0.15) is 6.61 Å². The number of carboxylic acid groups (broad SMARTS) is 1. The van der Waals surface area contributed by atoms with E-state index in [-0.39, 0.29) is 17.9 Å². The number of nitrogens with zero attached hydrogens (tertiary/aromatic N) is 1. The molecule has 0 bridgehead atoms. The number of hydrogen-bond acceptors (Lipinski definition) is 4. The third kappa shape index (κ3) is 4.92. The van der Waals surface area contributed by atoms with Gasteiger partial charge in [0, 0.05) is 12.1 Å². The highest BCUT2D eigenvalue weighted by molar-refractivity contribution is 6.02. The topological polar surface area (TPSA) is 78.9 Å². The van der Waals surface area contributed by atoms with E-state index in [9.17, 15) is 14.0 Å². The minimum absolute atomic E-state index is 0.0173. The first-order chi connectivity index (χ1) is 8.90. The van der Waals surface area contributed by atoms with Crippen molar-refractivity contribution in [3.63, 3.8) is 0 Å². The zero-order valence-corrected chi connectivity index (χ0v) is 10.6. The molecule has 0 unspecified atom stereocenters. The third-order valence-corrected chi connectivity index (χ3v) is 2.21. The average Bonchev–Trinajstić information content (AvgIpc) is 2.30. The number of imide groups is 1. The second kappa shape index (κ2) is 6.69. The fraction of sp³-hybridized carbons (Fsp3) is 0.333. The summed E-state index contributed by atoms with van der Waals surface area (Å²) >= 11 is 0. The number of hydrogen-bond donors (Lipinski definition) is 2. The Morgan fingerprint density at radius 2 is 2.11 bits per heavy atom. The van der Waals surface area contributed by atoms with Crippen LogP contribution in [0.25, 0.3) is 0 Å². The average molecular weight is 270 g/mol. The number of carbonyl (C=O) groups excluding carboxylic acids is 1. The molecule has 0 saturated carbocycles. The summed E-state index contributed by atoms with van der Waals surface area (Å²) in [6.07, 6.45) is -1.47. The summed E-state index contributed by atoms with van der Waals surface area (Å²) in [5.74, 6) is -1.52. The minimum atomic E-state index is -1.47. The van der Waals surface area contributed by atoms with Crippen molar-refractivity contribution in [2.75, 3.05) is 27.2 Å². The van der Waals surface area contributed by atoms with Gasteiger partial charge in [-0.2, -0.15) is 0 Å². The summed E-state index contributed by atoms with van der Waals surface area (Å²) in [7, 11) is 3.69. The molecule has 7 heteroatoms. The molecule has 1 aromatic rings. The quantitative estimate of drug-likeness (QED) is 0.839. The molecule has 2 amide bonds. The number of benzene rings is 1. The van der Waals surface area contributed by atoms with Crippen LogP contribution >= 0.6 is 0 Å². The molecule has 1 rings (SSSR count). The lowest BCUT2D eigenvalue weighted by atomic mass is 10.2. The first-order valence-corrected chi connectivity index (χ1v) is 5.51. The van der Waals surface area contributed by atoms with Crippen LogP contribution in [0.1, 0.15) is 10.4 Å². The van der Waals surface area contributed by atoms with Gasteiger partial charge in [0.05, 0.1) is 0 Å². The highest BCUT2D eigenvalue weighted by Gasteiger charge is 2.12. The zero-order chi connectivity index (χ0) is 14.4. The molecule has 0 radical (unpaired) electrons. The molecule has 0 aliphatic rings. The van der Waals surface area contributed by atoms with Gasteiger partial charge >= 0.3 is 6.09 Å². The maximum atomic E-state index is 13.4. The molecule has 104 valence electrons. The number of ether oxygens (including phenoxy) is 1. The van der Waals surface area contributed by atoms with Crippen molar-refractivity contribution in [2.24, 2.45) is 0 Å². The summed E-state index contributed by atoms with van der Waals surface area (Å²) in [6, 6.07) is 3.41. The Bertz CT molecular complexity index is 477. The van der Waals surface area contributed by atoms with E-state index in [4.69, 9.17) is 9.84 Å². The largest absolute Gasteiger partial charge is 0.489 e. The van der Waals surface area contributed by atoms with Gasteiger partial charge in [-0.15, -0.1) is 0 Å². The standard InChI is InChI=1S/C12H15FN2O4/c1-15(2)5-6-19-10-7-8(3-4-9(10)13)11(16)14-12(17)18/h3-4,7H,5-6H2,1-2H3,(H,14,16)(H,17,18). The predicted molar refractivity (Wildman–Crippen MR) is 65.9 cm³/mol. The summed E-state index contributed by atoms with van der Waals surface area (Å²) < 4.78 is 18.6. The van der Waals surface area contributed by atoms with Crippen molar-refractivity contribution in [1.29, 1.82) is 0 Å². The molecular formula is C12H15FN2O4. The number of halogens is 1. The molecule has 0 aliphatic heterocycles. The van der Waals surface area contributed by atoms with Gasteiger partial charge in [-0.25, -0.2) is 9.18 Å². The lowest BCUT2D eigenvalue weighted by molar-refractivity contribution is 0.0947. The monoisotopic (exact) mass is 270 g/mol. The van der Waals surface area contributed by atoms with Crippen LogP contribution in [0, 0.1) is 5.82 Å². The van der Waals surface area contributed by atoms with Crippen LogP contribution in [0.4, 0.5) is 9.18 Å². The predicted octanol–water partition coefficient (Wildman–Crippen LogP) is 1.17. The van der Waals surface area contributed by atoms with Gasteiger partial charge in [0.25, 0.3) is 5.91 Å². The Kier molecular flexibility index (Phi) is 5.25. The molecule has 0 aromatic heterocycles. The maximum absolute atomic E-state index is 13.4. The highest BCUT2D eigenvalue weighted by atomic mass is 19.1. The van der Waals surface area contributed by atoms with Gasteiger partial charge in [-0.1, -0.05) is 0 Å². The molecule has 0 atom stereocenters. The Labute approximate surface area is 109 Å². The Morgan fingerprint density at radius 3 is 2.68 bits per heavy atom. The molecule has 1 aromatic carbocycles. The van der Waals surface area contributed by atoms with Crippen molar-refractivity contribution in [3.8, 4) is 5.75 Å². The molecule has 0 spiro atoms. The SMILES string of the molecule is CN(C)CCOc1cc(C(=O)NC(=O)O)ccc1F. The molecule has 2 N–H and O–H groups in total. The van der Waals surface area contributed by atoms with Crippen molar-refractivity contribution < 1.29 is 23.8 Å². The third-order valence-electron chi connectivity index (χ3n) is 2.21. The number of rotatable bonds is 5. The highest BCUT2D eigenvalue weighted by Crippen LogP contribution is 2.18. The van der Waals surface area contributed by atoms with Gasteiger partial charge in [0.2, 0.25) is 0 Å². The van der Waals surface area contributed by atoms with E-state index in [1.54, 1.807) is 5.32 Å². The van der Waals surface area contributed by atoms with Crippen molar-refractivity contribution in [2.45, 2.75) is 0 Å². The zero-order valence-electron chi connectivity index (χ0n) is 10.6. The maximum Gasteiger partial charge on any atom is 0.411 e. The lowest BCUT2D eigenvalue weighted by Gasteiger charge is -2.12. The van der Waals surface area contributed by atoms with Crippen LogP contribution in [0.5, 0.6) is 5.75 Å². The van der Waals surface area contributed by atoms with Gasteiger partial charge < -0.3 is 14.7 Å². The smallest absolute Gasteiger partial charge is 0.411 e. The van der Waals surface area contributed by atoms with Crippen LogP contribution < -0.4 is 10.1 Å². The number of amides is 2. The first kappa shape index (κ1) is 14.9. The summed E-state index contributed by atoms with van der Waals surface area (Å²) in [5.41, 5.74) is 0.0173. The molecule has 0 fully saturated rings. The van der Waals surface area contributed by atoms with Gasteiger partial charge in [0.15, 0.2) is 11.6 Å². The van der Waals surface area contributed by atoms with Gasteiger partial charge in [-0.3, -0.25) is 10.1 Å². The van der Waals surface area contributed by atoms with E-state index in [1.165, 1.54) is 12.1 Å². The molecule has 0 saturated heterocycles. The van der Waals surface area contributed by atoms with Crippen LogP contribution in [0.2, 0.25) is 0 Å². The second-order valence-electron chi connectivity index (χ2n) is 4.06. The fourth-order valence-electron chi connectivity index (χ4n) is 1.26. The van der Waals surface area contributed by atoms with Crippen molar-refractivity contribution in [3.05, 3.63) is 29.6 Å². The molecule has 0 heterocycles. The molecule has 0 aliphatic carbocycles. The number of likely N-dealkylation sites (N-methyl/N-ethyl adjacent to an activating group) is 1. The Balaban J connectivity index is 2.76. The van der Waals surface area contributed by atoms with Crippen LogP contribution in [0.15, 0.2) is 18.2 Å². The molecule has 19 heavy (non-hydrogen) atoms. The van der Waals surface area contributed by atoms with Crippen LogP contribution in [0.3, 0.4) is 0 Å². The van der Waals surface area contributed by atoms with E-state index in [1.807, 2.05) is 19.0 Å². The van der Waals surface area contributed by atoms with E-state index in [2.05, 4.69) is 0 Å². The lowest BCUT2D eigenvalue weighted by Crippen LogP contribution is -2.28. The van der Waals surface area contributed by atoms with Crippen molar-refractivity contribution >= 4 is 12.0 Å².